The van der Waals surface area contributed by atoms with Gasteiger partial charge in [-0.2, -0.15) is 0 Å². The Labute approximate surface area is 123 Å². The predicted octanol–water partition coefficient (Wildman–Crippen LogP) is 2.21. The lowest BCUT2D eigenvalue weighted by atomic mass is 10.00. The van der Waals surface area contributed by atoms with Crippen LogP contribution in [0.25, 0.3) is 11.0 Å². The summed E-state index contributed by atoms with van der Waals surface area (Å²) in [7, 11) is 1.94. The van der Waals surface area contributed by atoms with Crippen molar-refractivity contribution >= 4 is 11.0 Å². The molecule has 0 saturated carbocycles. The van der Waals surface area contributed by atoms with E-state index in [9.17, 15) is 4.79 Å². The summed E-state index contributed by atoms with van der Waals surface area (Å²) >= 11 is 0. The van der Waals surface area contributed by atoms with Gasteiger partial charge >= 0.3 is 5.69 Å². The molecule has 3 rings (SSSR count). The Morgan fingerprint density at radius 3 is 2.62 bits per heavy atom. The highest BCUT2D eigenvalue weighted by Crippen LogP contribution is 2.19. The van der Waals surface area contributed by atoms with E-state index >= 15 is 0 Å². The highest BCUT2D eigenvalue weighted by atomic mass is 16.1. The van der Waals surface area contributed by atoms with E-state index in [-0.39, 0.29) is 5.69 Å². The second-order valence-corrected chi connectivity index (χ2v) is 5.27. The first kappa shape index (κ1) is 13.6. The molecule has 3 N–H and O–H groups in total. The molecule has 0 atom stereocenters. The Hall–Kier alpha value is -2.33. The molecule has 0 aliphatic carbocycles. The highest BCUT2D eigenvalue weighted by Gasteiger charge is 2.08. The fourth-order valence-corrected chi connectivity index (χ4v) is 2.67. The van der Waals surface area contributed by atoms with Crippen molar-refractivity contribution in [2.45, 2.75) is 12.8 Å². The summed E-state index contributed by atoms with van der Waals surface area (Å²) in [5.74, 6) is 0. The van der Waals surface area contributed by atoms with Crippen molar-refractivity contribution in [3.8, 4) is 0 Å². The fraction of sp³-hybridized carbons (Fsp3) is 0.235. The molecule has 2 aromatic carbocycles. The van der Waals surface area contributed by atoms with Crippen molar-refractivity contribution < 1.29 is 0 Å². The van der Waals surface area contributed by atoms with E-state index in [0.29, 0.717) is 0 Å². The number of nitrogens with one attached hydrogen (secondary N) is 3. The summed E-state index contributed by atoms with van der Waals surface area (Å²) in [5.41, 5.74) is 5.33. The average Bonchev–Trinajstić information content (AvgIpc) is 2.86. The van der Waals surface area contributed by atoms with E-state index in [1.54, 1.807) is 0 Å². The molecule has 1 aromatic heterocycles. The fourth-order valence-electron chi connectivity index (χ4n) is 2.67. The van der Waals surface area contributed by atoms with Crippen molar-refractivity contribution in [2.24, 2.45) is 0 Å². The molecule has 0 unspecified atom stereocenters. The topological polar surface area (TPSA) is 60.7 Å². The second kappa shape index (κ2) is 5.97. The van der Waals surface area contributed by atoms with Gasteiger partial charge in [0.15, 0.2) is 0 Å². The maximum Gasteiger partial charge on any atom is 0.323 e. The average molecular weight is 281 g/mol. The lowest BCUT2D eigenvalue weighted by Crippen LogP contribution is -2.11. The van der Waals surface area contributed by atoms with Crippen molar-refractivity contribution in [3.05, 3.63) is 69.6 Å². The quantitative estimate of drug-likeness (QED) is 0.671. The zero-order valence-corrected chi connectivity index (χ0v) is 12.1. The lowest BCUT2D eigenvalue weighted by molar-refractivity contribution is 0.793. The van der Waals surface area contributed by atoms with Gasteiger partial charge in [0.05, 0.1) is 11.0 Å². The molecule has 0 amide bonds. The molecule has 0 aliphatic rings. The van der Waals surface area contributed by atoms with Crippen molar-refractivity contribution in [2.75, 3.05) is 13.6 Å². The van der Waals surface area contributed by atoms with Crippen LogP contribution < -0.4 is 11.0 Å². The standard InChI is InChI=1S/C17H19N3O/c1-18-8-7-14-10-13(9-12-5-3-2-4-6-12)11-15-16(14)20-17(21)19-15/h2-6,10-11,18H,7-9H2,1H3,(H2,19,20,21). The van der Waals surface area contributed by atoms with Crippen LogP contribution in [0.3, 0.4) is 0 Å². The third kappa shape index (κ3) is 3.06. The minimum absolute atomic E-state index is 0.146. The summed E-state index contributed by atoms with van der Waals surface area (Å²) in [6.07, 6.45) is 1.76. The zero-order valence-electron chi connectivity index (χ0n) is 12.1. The molecule has 0 spiro atoms. The van der Waals surface area contributed by atoms with Crippen molar-refractivity contribution in [1.82, 2.24) is 15.3 Å². The first-order chi connectivity index (χ1) is 10.3. The predicted molar refractivity (Wildman–Crippen MR) is 85.8 cm³/mol. The van der Waals surface area contributed by atoms with Gasteiger partial charge in [-0.25, -0.2) is 4.79 Å². The number of H-pyrrole nitrogens is 2. The number of aromatic nitrogens is 2. The molecular weight excluding hydrogens is 262 g/mol. The summed E-state index contributed by atoms with van der Waals surface area (Å²) < 4.78 is 0. The molecule has 1 heterocycles. The van der Waals surface area contributed by atoms with Crippen LogP contribution in [0, 0.1) is 0 Å². The third-order valence-electron chi connectivity index (χ3n) is 3.66. The molecule has 0 radical (unpaired) electrons. The number of aromatic amines is 2. The number of fused-ring (bicyclic) bond motifs is 1. The van der Waals surface area contributed by atoms with E-state index < -0.39 is 0 Å². The molecule has 3 aromatic rings. The largest absolute Gasteiger partial charge is 0.323 e. The Balaban J connectivity index is 2.00. The maximum atomic E-state index is 11.6. The third-order valence-corrected chi connectivity index (χ3v) is 3.66. The van der Waals surface area contributed by atoms with E-state index in [1.807, 2.05) is 25.2 Å². The first-order valence-electron chi connectivity index (χ1n) is 7.18. The van der Waals surface area contributed by atoms with Crippen molar-refractivity contribution in [1.29, 1.82) is 0 Å². The van der Waals surface area contributed by atoms with Gasteiger partial charge in [-0.1, -0.05) is 36.4 Å². The van der Waals surface area contributed by atoms with Crippen LogP contribution >= 0.6 is 0 Å². The molecule has 0 bridgehead atoms. The van der Waals surface area contributed by atoms with Gasteiger partial charge in [0.25, 0.3) is 0 Å². The zero-order chi connectivity index (χ0) is 14.7. The van der Waals surface area contributed by atoms with Crippen molar-refractivity contribution in [3.63, 3.8) is 0 Å². The van der Waals surface area contributed by atoms with Gasteiger partial charge in [0.1, 0.15) is 0 Å². The highest BCUT2D eigenvalue weighted by molar-refractivity contribution is 5.79. The Morgan fingerprint density at radius 2 is 1.86 bits per heavy atom. The number of rotatable bonds is 5. The number of benzene rings is 2. The van der Waals surface area contributed by atoms with Crippen LogP contribution in [0.4, 0.5) is 0 Å². The Morgan fingerprint density at radius 1 is 1.05 bits per heavy atom. The lowest BCUT2D eigenvalue weighted by Gasteiger charge is -2.07. The molecule has 0 fully saturated rings. The number of likely N-dealkylation sites (N-methyl/N-ethyl adjacent to an activating group) is 1. The molecule has 108 valence electrons. The normalized spacial score (nSPS) is 11.1. The number of imidazole rings is 1. The smallest absolute Gasteiger partial charge is 0.319 e. The summed E-state index contributed by atoms with van der Waals surface area (Å²) in [4.78, 5) is 17.3. The summed E-state index contributed by atoms with van der Waals surface area (Å²) in [6.45, 7) is 0.886. The van der Waals surface area contributed by atoms with Gasteiger partial charge in [-0.3, -0.25) is 0 Å². The van der Waals surface area contributed by atoms with Gasteiger partial charge < -0.3 is 15.3 Å². The molecule has 21 heavy (non-hydrogen) atoms. The molecule has 4 heteroatoms. The van der Waals surface area contributed by atoms with Gasteiger partial charge in [-0.05, 0) is 49.2 Å². The number of hydrogen-bond acceptors (Lipinski definition) is 2. The van der Waals surface area contributed by atoms with Crippen LogP contribution in [0.5, 0.6) is 0 Å². The van der Waals surface area contributed by atoms with E-state index in [4.69, 9.17) is 0 Å². The Kier molecular flexibility index (Phi) is 3.88. The first-order valence-corrected chi connectivity index (χ1v) is 7.18. The van der Waals surface area contributed by atoms with Crippen LogP contribution in [0.15, 0.2) is 47.3 Å². The Bertz CT molecular complexity index is 787. The van der Waals surface area contributed by atoms with Gasteiger partial charge in [-0.15, -0.1) is 0 Å². The number of hydrogen-bond donors (Lipinski definition) is 3. The molecule has 0 saturated heterocycles. The monoisotopic (exact) mass is 281 g/mol. The van der Waals surface area contributed by atoms with E-state index in [1.165, 1.54) is 16.7 Å². The minimum atomic E-state index is -0.146. The van der Waals surface area contributed by atoms with Crippen LogP contribution in [-0.2, 0) is 12.8 Å². The van der Waals surface area contributed by atoms with Gasteiger partial charge in [0, 0.05) is 0 Å². The summed E-state index contributed by atoms with van der Waals surface area (Å²) in [5, 5.41) is 3.15. The molecule has 0 aliphatic heterocycles. The van der Waals surface area contributed by atoms with Crippen LogP contribution in [0.2, 0.25) is 0 Å². The van der Waals surface area contributed by atoms with Crippen LogP contribution in [0.1, 0.15) is 16.7 Å². The van der Waals surface area contributed by atoms with Gasteiger partial charge in [0.2, 0.25) is 0 Å². The maximum absolute atomic E-state index is 11.6. The summed E-state index contributed by atoms with van der Waals surface area (Å²) in [6, 6.07) is 14.6. The second-order valence-electron chi connectivity index (χ2n) is 5.27. The van der Waals surface area contributed by atoms with E-state index in [0.717, 1.165) is 30.4 Å². The minimum Gasteiger partial charge on any atom is -0.319 e. The SMILES string of the molecule is CNCCc1cc(Cc2ccccc2)cc2[nH]c(=O)[nH]c12. The molecule has 4 nitrogen and oxygen atoms in total. The van der Waals surface area contributed by atoms with E-state index in [2.05, 4.69) is 39.6 Å². The van der Waals surface area contributed by atoms with Crippen LogP contribution in [-0.4, -0.2) is 23.6 Å². The molecular formula is C17H19N3O.